The summed E-state index contributed by atoms with van der Waals surface area (Å²) in [7, 11) is 0. The van der Waals surface area contributed by atoms with Crippen LogP contribution in [0.1, 0.15) is 0 Å². The highest BCUT2D eigenvalue weighted by atomic mass is 35.5. The molecule has 0 aromatic heterocycles. The van der Waals surface area contributed by atoms with Crippen LogP contribution in [-0.4, -0.2) is 6.61 Å². The van der Waals surface area contributed by atoms with E-state index in [0.717, 1.165) is 5.75 Å². The molecule has 1 aromatic rings. The number of rotatable bonds is 3. The molecule has 0 saturated heterocycles. The van der Waals surface area contributed by atoms with E-state index >= 15 is 0 Å². The van der Waals surface area contributed by atoms with Gasteiger partial charge in [-0.1, -0.05) is 29.8 Å². The minimum atomic E-state index is 0.521. The molecule has 0 aliphatic rings. The van der Waals surface area contributed by atoms with Gasteiger partial charge in [0.2, 0.25) is 0 Å². The Labute approximate surface area is 71.3 Å². The largest absolute Gasteiger partial charge is 0.490 e. The van der Waals surface area contributed by atoms with E-state index in [1.807, 2.05) is 30.3 Å². The minimum absolute atomic E-state index is 0.521. The molecule has 1 aromatic carbocycles. The van der Waals surface area contributed by atoms with Crippen LogP contribution in [0.3, 0.4) is 0 Å². The quantitative estimate of drug-likeness (QED) is 0.675. The Morgan fingerprint density at radius 2 is 2.00 bits per heavy atom. The lowest BCUT2D eigenvalue weighted by Crippen LogP contribution is -1.91. The number of hydrogen-bond acceptors (Lipinski definition) is 1. The molecule has 0 aliphatic heterocycles. The minimum Gasteiger partial charge on any atom is -0.490 e. The van der Waals surface area contributed by atoms with Gasteiger partial charge in [0.05, 0.1) is 0 Å². The van der Waals surface area contributed by atoms with Gasteiger partial charge in [-0.2, -0.15) is 0 Å². The molecule has 0 amide bonds. The average Bonchev–Trinajstić information content (AvgIpc) is 2.07. The van der Waals surface area contributed by atoms with Gasteiger partial charge in [-0.05, 0) is 18.2 Å². The van der Waals surface area contributed by atoms with Crippen LogP contribution >= 0.6 is 11.6 Å². The van der Waals surface area contributed by atoms with Gasteiger partial charge >= 0.3 is 0 Å². The Bertz CT molecular complexity index is 218. The van der Waals surface area contributed by atoms with Crippen LogP contribution in [0.4, 0.5) is 0 Å². The number of benzene rings is 1. The van der Waals surface area contributed by atoms with E-state index in [0.29, 0.717) is 6.61 Å². The molecule has 11 heavy (non-hydrogen) atoms. The fourth-order valence-corrected chi connectivity index (χ4v) is 0.770. The lowest BCUT2D eigenvalue weighted by Gasteiger charge is -2.00. The van der Waals surface area contributed by atoms with Crippen LogP contribution in [0.15, 0.2) is 41.9 Å². The molecule has 0 bridgehead atoms. The third-order valence-corrected chi connectivity index (χ3v) is 1.36. The number of ether oxygens (including phenoxy) is 1. The first-order valence-electron chi connectivity index (χ1n) is 3.36. The van der Waals surface area contributed by atoms with E-state index in [9.17, 15) is 0 Å². The predicted octanol–water partition coefficient (Wildman–Crippen LogP) is 2.82. The van der Waals surface area contributed by atoms with Crippen LogP contribution in [0.25, 0.3) is 0 Å². The van der Waals surface area contributed by atoms with Crippen LogP contribution in [0.2, 0.25) is 0 Å². The summed E-state index contributed by atoms with van der Waals surface area (Å²) in [4.78, 5) is 0. The molecule has 0 saturated carbocycles. The third-order valence-electron chi connectivity index (χ3n) is 1.18. The first kappa shape index (κ1) is 8.15. The highest BCUT2D eigenvalue weighted by Crippen LogP contribution is 2.07. The lowest BCUT2D eigenvalue weighted by molar-refractivity contribution is 0.363. The zero-order valence-electron chi connectivity index (χ0n) is 6.03. The maximum atomic E-state index is 5.31. The molecule has 0 aliphatic carbocycles. The molecule has 0 atom stereocenters. The van der Waals surface area contributed by atoms with Crippen molar-refractivity contribution in [3.05, 3.63) is 41.9 Å². The fraction of sp³-hybridized carbons (Fsp3) is 0.111. The van der Waals surface area contributed by atoms with Crippen molar-refractivity contribution in [3.63, 3.8) is 0 Å². The van der Waals surface area contributed by atoms with Crippen molar-refractivity contribution in [2.45, 2.75) is 0 Å². The first-order chi connectivity index (χ1) is 5.43. The lowest BCUT2D eigenvalue weighted by atomic mass is 10.3. The Morgan fingerprint density at radius 3 is 2.64 bits per heavy atom. The Morgan fingerprint density at radius 1 is 1.27 bits per heavy atom. The van der Waals surface area contributed by atoms with E-state index in [-0.39, 0.29) is 0 Å². The summed E-state index contributed by atoms with van der Waals surface area (Å²) in [6.45, 7) is 0.521. The Hall–Kier alpha value is -0.950. The number of para-hydroxylation sites is 1. The van der Waals surface area contributed by atoms with Gasteiger partial charge in [-0.3, -0.25) is 0 Å². The molecule has 0 spiro atoms. The molecule has 0 N–H and O–H groups in total. The SMILES string of the molecule is ClC=CCOc1ccccc1. The van der Waals surface area contributed by atoms with Crippen LogP contribution in [0, 0.1) is 0 Å². The third kappa shape index (κ3) is 3.10. The van der Waals surface area contributed by atoms with Crippen LogP contribution < -0.4 is 4.74 Å². The van der Waals surface area contributed by atoms with Crippen molar-refractivity contribution in [2.24, 2.45) is 0 Å². The summed E-state index contributed by atoms with van der Waals surface area (Å²) in [6.07, 6.45) is 1.74. The summed E-state index contributed by atoms with van der Waals surface area (Å²) >= 11 is 5.31. The number of hydrogen-bond donors (Lipinski definition) is 0. The first-order valence-corrected chi connectivity index (χ1v) is 3.80. The van der Waals surface area contributed by atoms with E-state index in [1.165, 1.54) is 5.54 Å². The summed E-state index contributed by atoms with van der Waals surface area (Å²) in [5.41, 5.74) is 1.45. The van der Waals surface area contributed by atoms with Gasteiger partial charge in [0.25, 0.3) is 0 Å². The molecule has 0 fully saturated rings. The molecule has 58 valence electrons. The second-order valence-corrected chi connectivity index (χ2v) is 2.24. The zero-order chi connectivity index (χ0) is 7.94. The summed E-state index contributed by atoms with van der Waals surface area (Å²) in [6, 6.07) is 9.62. The molecule has 1 nitrogen and oxygen atoms in total. The highest BCUT2D eigenvalue weighted by molar-refractivity contribution is 6.25. The normalized spacial score (nSPS) is 10.3. The van der Waals surface area contributed by atoms with Crippen molar-refractivity contribution in [1.29, 1.82) is 0 Å². The summed E-state index contributed by atoms with van der Waals surface area (Å²) in [5, 5.41) is 0. The Balaban J connectivity index is 2.39. The summed E-state index contributed by atoms with van der Waals surface area (Å²) in [5.74, 6) is 0.863. The van der Waals surface area contributed by atoms with Gasteiger partial charge in [-0.25, -0.2) is 0 Å². The van der Waals surface area contributed by atoms with Crippen LogP contribution in [-0.2, 0) is 0 Å². The van der Waals surface area contributed by atoms with Crippen molar-refractivity contribution in [3.8, 4) is 5.75 Å². The number of halogens is 1. The highest BCUT2D eigenvalue weighted by Gasteiger charge is 1.85. The second kappa shape index (κ2) is 4.80. The van der Waals surface area contributed by atoms with Gasteiger partial charge in [0.1, 0.15) is 12.4 Å². The van der Waals surface area contributed by atoms with E-state index in [4.69, 9.17) is 16.3 Å². The molecular weight excluding hydrogens is 160 g/mol. The average molecular weight is 169 g/mol. The Kier molecular flexibility index (Phi) is 3.56. The predicted molar refractivity (Wildman–Crippen MR) is 46.9 cm³/mol. The second-order valence-electron chi connectivity index (χ2n) is 1.99. The monoisotopic (exact) mass is 168 g/mol. The van der Waals surface area contributed by atoms with Gasteiger partial charge in [0, 0.05) is 5.54 Å². The van der Waals surface area contributed by atoms with E-state index < -0.39 is 0 Å². The van der Waals surface area contributed by atoms with Crippen molar-refractivity contribution in [1.82, 2.24) is 0 Å². The molecular formula is C9H9ClO. The fourth-order valence-electron chi connectivity index (χ4n) is 0.697. The summed E-state index contributed by atoms with van der Waals surface area (Å²) < 4.78 is 5.28. The molecule has 0 radical (unpaired) electrons. The van der Waals surface area contributed by atoms with Gasteiger partial charge in [-0.15, -0.1) is 0 Å². The van der Waals surface area contributed by atoms with Crippen molar-refractivity contribution >= 4 is 11.6 Å². The topological polar surface area (TPSA) is 9.23 Å². The maximum absolute atomic E-state index is 5.31. The van der Waals surface area contributed by atoms with E-state index in [2.05, 4.69) is 0 Å². The molecule has 0 unspecified atom stereocenters. The van der Waals surface area contributed by atoms with E-state index in [1.54, 1.807) is 6.08 Å². The van der Waals surface area contributed by atoms with Crippen molar-refractivity contribution in [2.75, 3.05) is 6.61 Å². The van der Waals surface area contributed by atoms with Crippen molar-refractivity contribution < 1.29 is 4.74 Å². The zero-order valence-corrected chi connectivity index (χ0v) is 6.79. The van der Waals surface area contributed by atoms with Gasteiger partial charge in [0.15, 0.2) is 0 Å². The standard InChI is InChI=1S/C9H9ClO/c10-7-4-8-11-9-5-2-1-3-6-9/h1-7H,8H2. The molecule has 0 heterocycles. The maximum Gasteiger partial charge on any atom is 0.119 e. The van der Waals surface area contributed by atoms with Gasteiger partial charge < -0.3 is 4.74 Å². The molecule has 2 heteroatoms. The van der Waals surface area contributed by atoms with Crippen LogP contribution in [0.5, 0.6) is 5.75 Å². The molecule has 1 rings (SSSR count). The smallest absolute Gasteiger partial charge is 0.119 e.